The molecule has 0 saturated carbocycles. The van der Waals surface area contributed by atoms with Crippen molar-refractivity contribution < 1.29 is 15.0 Å². The van der Waals surface area contributed by atoms with Crippen molar-refractivity contribution in [3.05, 3.63) is 0 Å². The van der Waals surface area contributed by atoms with Gasteiger partial charge < -0.3 is 10.2 Å². The number of aliphatic hydroxyl groups excluding tert-OH is 1. The van der Waals surface area contributed by atoms with Crippen molar-refractivity contribution in [3.63, 3.8) is 0 Å². The Balaban J connectivity index is 0. The molecule has 3 nitrogen and oxygen atoms in total. The van der Waals surface area contributed by atoms with Gasteiger partial charge in [0.25, 0.3) is 0 Å². The number of carbonyl (C=O) groups is 1. The molecule has 0 bridgehead atoms. The lowest BCUT2D eigenvalue weighted by atomic mass is 10.1. The molecule has 0 spiro atoms. The first-order chi connectivity index (χ1) is 8.68. The number of unbranched alkanes of at least 4 members (excludes halogenated alkanes) is 9. The normalized spacial score (nSPS) is 9.17. The third kappa shape index (κ3) is 24.3. The van der Waals surface area contributed by atoms with Gasteiger partial charge in [-0.3, -0.25) is 0 Å². The van der Waals surface area contributed by atoms with Crippen LogP contribution in [0.25, 0.3) is 0 Å². The van der Waals surface area contributed by atoms with Crippen molar-refractivity contribution in [2.45, 2.75) is 71.1 Å². The number of carboxylic acid groups (broad SMARTS) is 1. The molecule has 0 aromatic heterocycles. The summed E-state index contributed by atoms with van der Waals surface area (Å²) in [5.41, 5.74) is 0. The number of terminal acetylenes is 1. The Morgan fingerprint density at radius 3 is 1.56 bits per heavy atom. The molecule has 2 N–H and O–H groups in total. The number of hydrogen-bond acceptors (Lipinski definition) is 2. The first-order valence-corrected chi connectivity index (χ1v) is 6.99. The molecule has 0 atom stereocenters. The lowest BCUT2D eigenvalue weighted by Crippen LogP contribution is -1.84. The Labute approximate surface area is 112 Å². The van der Waals surface area contributed by atoms with E-state index in [2.05, 4.69) is 13.3 Å². The van der Waals surface area contributed by atoms with Crippen LogP contribution in [0.5, 0.6) is 0 Å². The summed E-state index contributed by atoms with van der Waals surface area (Å²) in [4.78, 5) is 9.13. The molecule has 0 rings (SSSR count). The Morgan fingerprint density at radius 2 is 1.28 bits per heavy atom. The van der Waals surface area contributed by atoms with E-state index in [1.165, 1.54) is 63.7 Å². The molecule has 0 aromatic carbocycles. The van der Waals surface area contributed by atoms with Crippen molar-refractivity contribution in [1.82, 2.24) is 0 Å². The molecule has 0 aromatic rings. The van der Waals surface area contributed by atoms with Crippen LogP contribution < -0.4 is 0 Å². The highest BCUT2D eigenvalue weighted by atomic mass is 16.4. The van der Waals surface area contributed by atoms with Crippen LogP contribution in [0.2, 0.25) is 0 Å². The summed E-state index contributed by atoms with van der Waals surface area (Å²) in [5.74, 6) is 0.227. The fourth-order valence-corrected chi connectivity index (χ4v) is 1.60. The van der Waals surface area contributed by atoms with Gasteiger partial charge in [-0.05, 0) is 6.42 Å². The van der Waals surface area contributed by atoms with E-state index in [4.69, 9.17) is 15.0 Å². The molecule has 0 fully saturated rings. The summed E-state index contributed by atoms with van der Waals surface area (Å²) < 4.78 is 0. The molecule has 0 saturated heterocycles. The van der Waals surface area contributed by atoms with Gasteiger partial charge in [-0.25, -0.2) is 4.79 Å². The van der Waals surface area contributed by atoms with Gasteiger partial charge in [0, 0.05) is 12.5 Å². The van der Waals surface area contributed by atoms with E-state index in [-0.39, 0.29) is 0 Å². The molecule has 0 amide bonds. The van der Waals surface area contributed by atoms with Crippen molar-refractivity contribution in [2.24, 2.45) is 0 Å². The van der Waals surface area contributed by atoms with Crippen molar-refractivity contribution in [3.8, 4) is 12.3 Å². The predicted molar refractivity (Wildman–Crippen MR) is 75.4 cm³/mol. The Kier molecular flexibility index (Phi) is 19.7. The second-order valence-electron chi connectivity index (χ2n) is 4.36. The van der Waals surface area contributed by atoms with Crippen LogP contribution in [-0.2, 0) is 4.79 Å². The summed E-state index contributed by atoms with van der Waals surface area (Å²) in [7, 11) is 0. The highest BCUT2D eigenvalue weighted by Gasteiger charge is 1.91. The van der Waals surface area contributed by atoms with E-state index in [1.54, 1.807) is 0 Å². The number of carboxylic acids is 1. The molecule has 106 valence electrons. The minimum atomic E-state index is -1.22. The van der Waals surface area contributed by atoms with Gasteiger partial charge in [0.05, 0.1) is 0 Å². The van der Waals surface area contributed by atoms with E-state index in [0.717, 1.165) is 6.42 Å². The zero-order valence-corrected chi connectivity index (χ0v) is 11.7. The quantitative estimate of drug-likeness (QED) is 0.464. The SMILES string of the molecule is C#CC(=O)O.CCCCCCCCCCCCO. The maximum Gasteiger partial charge on any atom is 0.381 e. The average Bonchev–Trinajstić information content (AvgIpc) is 2.37. The second-order valence-corrected chi connectivity index (χ2v) is 4.36. The van der Waals surface area contributed by atoms with E-state index in [9.17, 15) is 0 Å². The van der Waals surface area contributed by atoms with Crippen LogP contribution in [-0.4, -0.2) is 22.8 Å². The van der Waals surface area contributed by atoms with Gasteiger partial charge in [0.1, 0.15) is 0 Å². The predicted octanol–water partition coefficient (Wildman–Crippen LogP) is 3.60. The maximum atomic E-state index is 9.13. The lowest BCUT2D eigenvalue weighted by molar-refractivity contribution is -0.130. The lowest BCUT2D eigenvalue weighted by Gasteiger charge is -2.00. The van der Waals surface area contributed by atoms with Gasteiger partial charge in [-0.1, -0.05) is 64.7 Å². The first kappa shape index (κ1) is 19.3. The minimum absolute atomic E-state index is 0.372. The number of aliphatic hydroxyl groups is 1. The standard InChI is InChI=1S/C12H26O.C3H2O2/c1-2-3-4-5-6-7-8-9-10-11-12-13;1-2-3(4)5/h13H,2-12H2,1H3;1H,(H,4,5). The number of aliphatic carboxylic acids is 1. The van der Waals surface area contributed by atoms with Crippen molar-refractivity contribution >= 4 is 5.97 Å². The fourth-order valence-electron chi connectivity index (χ4n) is 1.60. The summed E-state index contributed by atoms with van der Waals surface area (Å²) >= 11 is 0. The largest absolute Gasteiger partial charge is 0.472 e. The third-order valence-electron chi connectivity index (χ3n) is 2.64. The molecule has 18 heavy (non-hydrogen) atoms. The zero-order chi connectivity index (χ0) is 14.1. The van der Waals surface area contributed by atoms with Crippen molar-refractivity contribution in [1.29, 1.82) is 0 Å². The smallest absolute Gasteiger partial charge is 0.381 e. The molecule has 0 aliphatic carbocycles. The second kappa shape index (κ2) is 18.4. The molecule has 0 aliphatic heterocycles. The van der Waals surface area contributed by atoms with Gasteiger partial charge in [-0.2, -0.15) is 0 Å². The topological polar surface area (TPSA) is 57.5 Å². The Bertz CT molecular complexity index is 196. The summed E-state index contributed by atoms with van der Waals surface area (Å²) in [5, 5.41) is 16.1. The molecule has 0 radical (unpaired) electrons. The van der Waals surface area contributed by atoms with E-state index in [1.807, 2.05) is 0 Å². The number of hydrogen-bond donors (Lipinski definition) is 2. The van der Waals surface area contributed by atoms with Gasteiger partial charge in [0.2, 0.25) is 0 Å². The fraction of sp³-hybridized carbons (Fsp3) is 0.800. The highest BCUT2D eigenvalue weighted by Crippen LogP contribution is 2.09. The van der Waals surface area contributed by atoms with Gasteiger partial charge in [0.15, 0.2) is 0 Å². The number of rotatable bonds is 10. The monoisotopic (exact) mass is 256 g/mol. The van der Waals surface area contributed by atoms with Gasteiger partial charge in [-0.15, -0.1) is 6.42 Å². The Hall–Kier alpha value is -1.01. The summed E-state index contributed by atoms with van der Waals surface area (Å²) in [6.07, 6.45) is 17.6. The zero-order valence-electron chi connectivity index (χ0n) is 11.7. The van der Waals surface area contributed by atoms with E-state index >= 15 is 0 Å². The molecule has 0 aliphatic rings. The van der Waals surface area contributed by atoms with Crippen LogP contribution >= 0.6 is 0 Å². The molecular weight excluding hydrogens is 228 g/mol. The maximum absolute atomic E-state index is 9.13. The average molecular weight is 256 g/mol. The van der Waals surface area contributed by atoms with E-state index in [0.29, 0.717) is 6.61 Å². The van der Waals surface area contributed by atoms with Crippen LogP contribution in [0, 0.1) is 12.3 Å². The first-order valence-electron chi connectivity index (χ1n) is 6.99. The minimum Gasteiger partial charge on any atom is -0.472 e. The third-order valence-corrected chi connectivity index (χ3v) is 2.64. The van der Waals surface area contributed by atoms with Gasteiger partial charge >= 0.3 is 5.97 Å². The molecule has 0 unspecified atom stereocenters. The molecule has 0 heterocycles. The molecular formula is C15H28O3. The highest BCUT2D eigenvalue weighted by molar-refractivity contribution is 5.85. The summed E-state index contributed by atoms with van der Waals surface area (Å²) in [6.45, 7) is 2.63. The summed E-state index contributed by atoms with van der Waals surface area (Å²) in [6, 6.07) is 0. The Morgan fingerprint density at radius 1 is 0.944 bits per heavy atom. The van der Waals surface area contributed by atoms with Crippen LogP contribution in [0.4, 0.5) is 0 Å². The van der Waals surface area contributed by atoms with Crippen molar-refractivity contribution in [2.75, 3.05) is 6.61 Å². The van der Waals surface area contributed by atoms with Crippen LogP contribution in [0.1, 0.15) is 71.1 Å². The molecule has 3 heteroatoms. The van der Waals surface area contributed by atoms with Crippen LogP contribution in [0.15, 0.2) is 0 Å². The van der Waals surface area contributed by atoms with Crippen LogP contribution in [0.3, 0.4) is 0 Å². The van der Waals surface area contributed by atoms with E-state index < -0.39 is 5.97 Å².